The number of hydrogen-bond donors (Lipinski definition) is 1. The number of amides is 1. The number of methoxy groups -OCH3 is 1. The molecule has 3 rings (SSSR count). The normalized spacial score (nSPS) is 12.9. The standard InChI is InChI=1S/C19H18ClNO4/c1-12-3-5-14(11-15(12)20)21-18(22)6-4-13-9-16(23-2)19-17(10-13)24-7-8-25-19/h3-6,9-11H,7-8H2,1-2H3,(H,21,22)/b6-4+. The molecular formula is C19H18ClNO4. The highest BCUT2D eigenvalue weighted by atomic mass is 35.5. The van der Waals surface area contributed by atoms with Crippen LogP contribution in [0.2, 0.25) is 5.02 Å². The Balaban J connectivity index is 1.74. The van der Waals surface area contributed by atoms with Gasteiger partial charge < -0.3 is 19.5 Å². The van der Waals surface area contributed by atoms with Crippen molar-refractivity contribution in [3.05, 3.63) is 52.6 Å². The molecule has 0 saturated heterocycles. The Morgan fingerprint density at radius 1 is 1.24 bits per heavy atom. The number of anilines is 1. The summed E-state index contributed by atoms with van der Waals surface area (Å²) in [5.74, 6) is 1.51. The number of rotatable bonds is 4. The van der Waals surface area contributed by atoms with E-state index in [1.807, 2.05) is 19.1 Å². The lowest BCUT2D eigenvalue weighted by Gasteiger charge is -2.20. The van der Waals surface area contributed by atoms with Crippen LogP contribution in [0.4, 0.5) is 5.69 Å². The minimum absolute atomic E-state index is 0.256. The molecule has 1 N–H and O–H groups in total. The average Bonchev–Trinajstić information content (AvgIpc) is 2.62. The van der Waals surface area contributed by atoms with E-state index in [0.29, 0.717) is 41.2 Å². The van der Waals surface area contributed by atoms with Crippen LogP contribution in [-0.2, 0) is 4.79 Å². The van der Waals surface area contributed by atoms with Crippen LogP contribution in [0, 0.1) is 6.92 Å². The molecule has 6 heteroatoms. The third kappa shape index (κ3) is 4.06. The fourth-order valence-corrected chi connectivity index (χ4v) is 2.60. The summed E-state index contributed by atoms with van der Waals surface area (Å²) in [6.45, 7) is 2.88. The van der Waals surface area contributed by atoms with Gasteiger partial charge in [0.05, 0.1) is 7.11 Å². The van der Waals surface area contributed by atoms with E-state index in [-0.39, 0.29) is 5.91 Å². The van der Waals surface area contributed by atoms with Gasteiger partial charge in [-0.15, -0.1) is 0 Å². The van der Waals surface area contributed by atoms with Gasteiger partial charge in [-0.2, -0.15) is 0 Å². The Morgan fingerprint density at radius 2 is 2.04 bits per heavy atom. The Hall–Kier alpha value is -2.66. The van der Waals surface area contributed by atoms with E-state index in [1.165, 1.54) is 6.08 Å². The highest BCUT2D eigenvalue weighted by Crippen LogP contribution is 2.40. The summed E-state index contributed by atoms with van der Waals surface area (Å²) in [4.78, 5) is 12.1. The topological polar surface area (TPSA) is 56.8 Å². The van der Waals surface area contributed by atoms with Crippen LogP contribution in [0.3, 0.4) is 0 Å². The van der Waals surface area contributed by atoms with Crippen molar-refractivity contribution in [1.82, 2.24) is 0 Å². The van der Waals surface area contributed by atoms with Gasteiger partial charge in [0.2, 0.25) is 11.7 Å². The molecule has 2 aromatic carbocycles. The lowest BCUT2D eigenvalue weighted by Crippen LogP contribution is -2.16. The number of carbonyl (C=O) groups excluding carboxylic acids is 1. The summed E-state index contributed by atoms with van der Waals surface area (Å²) in [5, 5.41) is 3.38. The average molecular weight is 360 g/mol. The Labute approximate surface area is 151 Å². The van der Waals surface area contributed by atoms with Gasteiger partial charge in [-0.05, 0) is 48.4 Å². The minimum Gasteiger partial charge on any atom is -0.493 e. The fourth-order valence-electron chi connectivity index (χ4n) is 2.42. The smallest absolute Gasteiger partial charge is 0.248 e. The van der Waals surface area contributed by atoms with Crippen molar-refractivity contribution in [2.24, 2.45) is 0 Å². The second-order valence-corrected chi connectivity index (χ2v) is 5.94. The van der Waals surface area contributed by atoms with Gasteiger partial charge in [0, 0.05) is 16.8 Å². The number of fused-ring (bicyclic) bond motifs is 1. The fraction of sp³-hybridized carbons (Fsp3) is 0.211. The molecule has 0 unspecified atom stereocenters. The molecule has 0 atom stereocenters. The lowest BCUT2D eigenvalue weighted by molar-refractivity contribution is -0.111. The van der Waals surface area contributed by atoms with E-state index in [0.717, 1.165) is 11.1 Å². The first kappa shape index (κ1) is 17.2. The number of nitrogens with one attached hydrogen (secondary N) is 1. The Kier molecular flexibility index (Phi) is 5.14. The number of aryl methyl sites for hydroxylation is 1. The second kappa shape index (κ2) is 7.49. The lowest BCUT2D eigenvalue weighted by atomic mass is 10.1. The summed E-state index contributed by atoms with van der Waals surface area (Å²) >= 11 is 6.06. The zero-order valence-electron chi connectivity index (χ0n) is 14.0. The van der Waals surface area contributed by atoms with Crippen molar-refractivity contribution in [3.8, 4) is 17.2 Å². The van der Waals surface area contributed by atoms with Crippen molar-refractivity contribution in [3.63, 3.8) is 0 Å². The molecule has 1 heterocycles. The van der Waals surface area contributed by atoms with Crippen LogP contribution in [0.25, 0.3) is 6.08 Å². The van der Waals surface area contributed by atoms with E-state index in [1.54, 1.807) is 31.4 Å². The van der Waals surface area contributed by atoms with Gasteiger partial charge >= 0.3 is 0 Å². The molecule has 0 spiro atoms. The quantitative estimate of drug-likeness (QED) is 0.836. The SMILES string of the molecule is COc1cc(/C=C/C(=O)Nc2ccc(C)c(Cl)c2)cc2c1OCCO2. The van der Waals surface area contributed by atoms with Gasteiger partial charge in [0.1, 0.15) is 13.2 Å². The molecule has 0 bridgehead atoms. The van der Waals surface area contributed by atoms with Crippen molar-refractivity contribution in [2.75, 3.05) is 25.6 Å². The summed E-state index contributed by atoms with van der Waals surface area (Å²) in [7, 11) is 1.56. The van der Waals surface area contributed by atoms with Crippen LogP contribution in [0.1, 0.15) is 11.1 Å². The zero-order chi connectivity index (χ0) is 17.8. The zero-order valence-corrected chi connectivity index (χ0v) is 14.7. The second-order valence-electron chi connectivity index (χ2n) is 5.53. The molecule has 1 aliphatic heterocycles. The van der Waals surface area contributed by atoms with Crippen molar-refractivity contribution < 1.29 is 19.0 Å². The van der Waals surface area contributed by atoms with E-state index in [4.69, 9.17) is 25.8 Å². The number of halogens is 1. The van der Waals surface area contributed by atoms with Crippen LogP contribution >= 0.6 is 11.6 Å². The van der Waals surface area contributed by atoms with Crippen molar-refractivity contribution in [1.29, 1.82) is 0 Å². The maximum Gasteiger partial charge on any atom is 0.248 e. The molecule has 0 fully saturated rings. The van der Waals surface area contributed by atoms with Crippen molar-refractivity contribution >= 4 is 29.3 Å². The monoisotopic (exact) mass is 359 g/mol. The molecule has 0 aromatic heterocycles. The van der Waals surface area contributed by atoms with Crippen LogP contribution in [0.5, 0.6) is 17.2 Å². The minimum atomic E-state index is -0.256. The van der Waals surface area contributed by atoms with E-state index >= 15 is 0 Å². The predicted molar refractivity (Wildman–Crippen MR) is 97.8 cm³/mol. The van der Waals surface area contributed by atoms with Gasteiger partial charge in [-0.25, -0.2) is 0 Å². The first-order valence-corrected chi connectivity index (χ1v) is 8.17. The summed E-state index contributed by atoms with van der Waals surface area (Å²) in [6, 6.07) is 8.98. The van der Waals surface area contributed by atoms with Gasteiger partial charge in [-0.3, -0.25) is 4.79 Å². The maximum atomic E-state index is 12.1. The molecular weight excluding hydrogens is 342 g/mol. The number of benzene rings is 2. The van der Waals surface area contributed by atoms with Crippen molar-refractivity contribution in [2.45, 2.75) is 6.92 Å². The molecule has 25 heavy (non-hydrogen) atoms. The highest BCUT2D eigenvalue weighted by molar-refractivity contribution is 6.31. The molecule has 5 nitrogen and oxygen atoms in total. The maximum absolute atomic E-state index is 12.1. The third-order valence-electron chi connectivity index (χ3n) is 3.72. The summed E-state index contributed by atoms with van der Waals surface area (Å²) in [6.07, 6.45) is 3.13. The van der Waals surface area contributed by atoms with E-state index in [9.17, 15) is 4.79 Å². The van der Waals surface area contributed by atoms with Gasteiger partial charge in [0.15, 0.2) is 11.5 Å². The van der Waals surface area contributed by atoms with E-state index in [2.05, 4.69) is 5.32 Å². The first-order chi connectivity index (χ1) is 12.1. The summed E-state index contributed by atoms with van der Waals surface area (Å²) < 4.78 is 16.5. The molecule has 2 aromatic rings. The number of hydrogen-bond acceptors (Lipinski definition) is 4. The van der Waals surface area contributed by atoms with Crippen LogP contribution in [-0.4, -0.2) is 26.2 Å². The number of ether oxygens (including phenoxy) is 3. The van der Waals surface area contributed by atoms with Gasteiger partial charge in [0.25, 0.3) is 0 Å². The largest absolute Gasteiger partial charge is 0.493 e. The Bertz CT molecular complexity index is 815. The third-order valence-corrected chi connectivity index (χ3v) is 4.12. The Morgan fingerprint density at radius 3 is 2.80 bits per heavy atom. The van der Waals surface area contributed by atoms with E-state index < -0.39 is 0 Å². The summed E-state index contributed by atoms with van der Waals surface area (Å²) in [5.41, 5.74) is 2.38. The molecule has 130 valence electrons. The van der Waals surface area contributed by atoms with Gasteiger partial charge in [-0.1, -0.05) is 17.7 Å². The highest BCUT2D eigenvalue weighted by Gasteiger charge is 2.17. The molecule has 1 aliphatic rings. The molecule has 0 radical (unpaired) electrons. The predicted octanol–water partition coefficient (Wildman–Crippen LogP) is 4.08. The first-order valence-electron chi connectivity index (χ1n) is 7.79. The van der Waals surface area contributed by atoms with Crippen LogP contribution < -0.4 is 19.5 Å². The molecule has 1 amide bonds. The molecule has 0 aliphatic carbocycles. The number of carbonyl (C=O) groups is 1. The molecule has 0 saturated carbocycles. The van der Waals surface area contributed by atoms with Crippen LogP contribution in [0.15, 0.2) is 36.4 Å².